The van der Waals surface area contributed by atoms with Crippen LogP contribution in [-0.2, 0) is 11.3 Å². The van der Waals surface area contributed by atoms with Gasteiger partial charge >= 0.3 is 6.18 Å². The van der Waals surface area contributed by atoms with Crippen molar-refractivity contribution in [1.82, 2.24) is 5.32 Å². The Kier molecular flexibility index (Phi) is 7.63. The summed E-state index contributed by atoms with van der Waals surface area (Å²) in [6.45, 7) is 0.331. The van der Waals surface area contributed by atoms with E-state index in [1.165, 1.54) is 6.07 Å². The molecule has 0 aliphatic rings. The Morgan fingerprint density at radius 3 is 2.62 bits per heavy atom. The third kappa shape index (κ3) is 8.64. The van der Waals surface area contributed by atoms with Crippen molar-refractivity contribution in [2.24, 2.45) is 0 Å². The molecule has 0 aliphatic heterocycles. The van der Waals surface area contributed by atoms with Gasteiger partial charge in [-0.1, -0.05) is 18.2 Å². The molecule has 1 atom stereocenters. The van der Waals surface area contributed by atoms with Gasteiger partial charge in [-0.15, -0.1) is 0 Å². The molecule has 0 aliphatic carbocycles. The first-order valence-electron chi connectivity index (χ1n) is 6.65. The molecule has 21 heavy (non-hydrogen) atoms. The Balaban J connectivity index is 2.06. The van der Waals surface area contributed by atoms with E-state index < -0.39 is 18.7 Å². The Morgan fingerprint density at radius 1 is 1.24 bits per heavy atom. The van der Waals surface area contributed by atoms with Crippen LogP contribution in [0.1, 0.15) is 18.4 Å². The minimum absolute atomic E-state index is 0.0133. The molecular formula is C14H19F4NO2. The smallest absolute Gasteiger partial charge is 0.389 e. The number of aliphatic hydroxyl groups excluding tert-OH is 1. The number of ether oxygens (including phenoxy) is 1. The quantitative estimate of drug-likeness (QED) is 0.544. The summed E-state index contributed by atoms with van der Waals surface area (Å²) in [4.78, 5) is 0. The Labute approximate surface area is 120 Å². The average molecular weight is 309 g/mol. The van der Waals surface area contributed by atoms with Gasteiger partial charge in [-0.25, -0.2) is 4.39 Å². The van der Waals surface area contributed by atoms with Gasteiger partial charge in [0.2, 0.25) is 0 Å². The zero-order valence-corrected chi connectivity index (χ0v) is 11.5. The fraction of sp³-hybridized carbons (Fsp3) is 0.571. The van der Waals surface area contributed by atoms with Gasteiger partial charge in [0.1, 0.15) is 5.82 Å². The highest BCUT2D eigenvalue weighted by Gasteiger charge is 2.25. The van der Waals surface area contributed by atoms with Crippen molar-refractivity contribution in [1.29, 1.82) is 0 Å². The van der Waals surface area contributed by atoms with Gasteiger partial charge in [0, 0.05) is 18.5 Å². The summed E-state index contributed by atoms with van der Waals surface area (Å²) in [7, 11) is 0. The van der Waals surface area contributed by atoms with Crippen LogP contribution in [0.3, 0.4) is 0 Å². The van der Waals surface area contributed by atoms with E-state index in [0.29, 0.717) is 5.56 Å². The number of aliphatic hydroxyl groups is 1. The number of rotatable bonds is 9. The highest BCUT2D eigenvalue weighted by atomic mass is 19.4. The van der Waals surface area contributed by atoms with Crippen LogP contribution in [0.4, 0.5) is 17.6 Å². The normalized spacial score (nSPS) is 13.4. The molecule has 2 N–H and O–H groups in total. The molecule has 0 fully saturated rings. The van der Waals surface area contributed by atoms with E-state index in [9.17, 15) is 22.7 Å². The van der Waals surface area contributed by atoms with Crippen molar-refractivity contribution < 1.29 is 27.4 Å². The highest BCUT2D eigenvalue weighted by Crippen LogP contribution is 2.20. The lowest BCUT2D eigenvalue weighted by atomic mass is 10.2. The second-order valence-electron chi connectivity index (χ2n) is 4.68. The molecule has 0 saturated carbocycles. The van der Waals surface area contributed by atoms with Gasteiger partial charge in [-0.3, -0.25) is 0 Å². The minimum Gasteiger partial charge on any atom is -0.389 e. The van der Waals surface area contributed by atoms with Crippen molar-refractivity contribution in [3.05, 3.63) is 35.6 Å². The van der Waals surface area contributed by atoms with E-state index in [0.717, 1.165) is 0 Å². The fourth-order valence-electron chi connectivity index (χ4n) is 1.66. The van der Waals surface area contributed by atoms with E-state index in [4.69, 9.17) is 4.74 Å². The third-order valence-corrected chi connectivity index (χ3v) is 2.72. The maximum Gasteiger partial charge on any atom is 0.389 e. The maximum absolute atomic E-state index is 13.3. The SMILES string of the molecule is OC(CNCCCC(F)(F)F)COCc1ccccc1F. The fourth-order valence-corrected chi connectivity index (χ4v) is 1.66. The van der Waals surface area contributed by atoms with Gasteiger partial charge in [-0.2, -0.15) is 13.2 Å². The molecule has 7 heteroatoms. The average Bonchev–Trinajstić information content (AvgIpc) is 2.39. The molecular weight excluding hydrogens is 290 g/mol. The van der Waals surface area contributed by atoms with Crippen molar-refractivity contribution in [3.8, 4) is 0 Å². The molecule has 1 unspecified atom stereocenters. The molecule has 0 heterocycles. The van der Waals surface area contributed by atoms with Crippen LogP contribution in [-0.4, -0.2) is 37.1 Å². The number of hydrogen-bond acceptors (Lipinski definition) is 3. The Bertz CT molecular complexity index is 412. The molecule has 1 rings (SSSR count). The molecule has 0 bridgehead atoms. The summed E-state index contributed by atoms with van der Waals surface area (Å²) >= 11 is 0. The van der Waals surface area contributed by atoms with Crippen molar-refractivity contribution in [2.45, 2.75) is 31.7 Å². The number of benzene rings is 1. The zero-order chi connectivity index (χ0) is 15.7. The predicted octanol–water partition coefficient (Wildman–Crippen LogP) is 2.64. The molecule has 1 aromatic rings. The Hall–Kier alpha value is -1.18. The standard InChI is InChI=1S/C14H19F4NO2/c15-13-5-2-1-4-11(13)9-21-10-12(20)8-19-7-3-6-14(16,17)18/h1-2,4-5,12,19-20H,3,6-10H2. The second-order valence-corrected chi connectivity index (χ2v) is 4.68. The molecule has 0 saturated heterocycles. The second kappa shape index (κ2) is 8.96. The van der Waals surface area contributed by atoms with E-state index in [-0.39, 0.29) is 38.5 Å². The van der Waals surface area contributed by atoms with Crippen LogP contribution < -0.4 is 5.32 Å². The van der Waals surface area contributed by atoms with E-state index in [2.05, 4.69) is 5.32 Å². The predicted molar refractivity (Wildman–Crippen MR) is 70.2 cm³/mol. The molecule has 120 valence electrons. The Morgan fingerprint density at radius 2 is 1.95 bits per heavy atom. The highest BCUT2D eigenvalue weighted by molar-refractivity contribution is 5.16. The number of halogens is 4. The van der Waals surface area contributed by atoms with Gasteiger partial charge in [0.15, 0.2) is 0 Å². The topological polar surface area (TPSA) is 41.5 Å². The summed E-state index contributed by atoms with van der Waals surface area (Å²) < 4.78 is 54.0. The largest absolute Gasteiger partial charge is 0.389 e. The molecule has 0 radical (unpaired) electrons. The van der Waals surface area contributed by atoms with E-state index >= 15 is 0 Å². The molecule has 1 aromatic carbocycles. The third-order valence-electron chi connectivity index (χ3n) is 2.72. The summed E-state index contributed by atoms with van der Waals surface area (Å²) in [6, 6.07) is 6.15. The molecule has 0 aromatic heterocycles. The first kappa shape index (κ1) is 17.9. The summed E-state index contributed by atoms with van der Waals surface area (Å²) in [6.07, 6.45) is -5.88. The summed E-state index contributed by atoms with van der Waals surface area (Å²) in [5, 5.41) is 12.3. The monoisotopic (exact) mass is 309 g/mol. The summed E-state index contributed by atoms with van der Waals surface area (Å²) in [5.41, 5.74) is 0.392. The first-order valence-corrected chi connectivity index (χ1v) is 6.65. The van der Waals surface area contributed by atoms with Crippen LogP contribution in [0.2, 0.25) is 0 Å². The van der Waals surface area contributed by atoms with Gasteiger partial charge < -0.3 is 15.2 Å². The van der Waals surface area contributed by atoms with E-state index in [1.807, 2.05) is 0 Å². The van der Waals surface area contributed by atoms with Crippen LogP contribution in [0, 0.1) is 5.82 Å². The van der Waals surface area contributed by atoms with Crippen molar-refractivity contribution in [2.75, 3.05) is 19.7 Å². The minimum atomic E-state index is -4.15. The van der Waals surface area contributed by atoms with Crippen LogP contribution in [0.25, 0.3) is 0 Å². The van der Waals surface area contributed by atoms with Gasteiger partial charge in [0.05, 0.1) is 19.3 Å². The van der Waals surface area contributed by atoms with Crippen LogP contribution >= 0.6 is 0 Å². The van der Waals surface area contributed by atoms with Crippen molar-refractivity contribution in [3.63, 3.8) is 0 Å². The van der Waals surface area contributed by atoms with Crippen LogP contribution in [0.5, 0.6) is 0 Å². The van der Waals surface area contributed by atoms with E-state index in [1.54, 1.807) is 18.2 Å². The molecule has 0 spiro atoms. The maximum atomic E-state index is 13.3. The lowest BCUT2D eigenvalue weighted by molar-refractivity contribution is -0.135. The van der Waals surface area contributed by atoms with Gasteiger partial charge in [-0.05, 0) is 19.0 Å². The molecule has 3 nitrogen and oxygen atoms in total. The number of alkyl halides is 3. The lowest BCUT2D eigenvalue weighted by Crippen LogP contribution is -2.31. The summed E-state index contributed by atoms with van der Waals surface area (Å²) in [5.74, 6) is -0.378. The lowest BCUT2D eigenvalue weighted by Gasteiger charge is -2.13. The van der Waals surface area contributed by atoms with Crippen molar-refractivity contribution >= 4 is 0 Å². The van der Waals surface area contributed by atoms with Crippen LogP contribution in [0.15, 0.2) is 24.3 Å². The first-order chi connectivity index (χ1) is 9.88. The number of hydrogen-bond donors (Lipinski definition) is 2. The molecule has 0 amide bonds. The van der Waals surface area contributed by atoms with Gasteiger partial charge in [0.25, 0.3) is 0 Å². The number of nitrogens with one attached hydrogen (secondary N) is 1. The zero-order valence-electron chi connectivity index (χ0n) is 11.5.